The van der Waals surface area contributed by atoms with Gasteiger partial charge in [-0.25, -0.2) is 4.79 Å². The van der Waals surface area contributed by atoms with E-state index in [-0.39, 0.29) is 23.8 Å². The van der Waals surface area contributed by atoms with Crippen LogP contribution in [0.15, 0.2) is 30.4 Å². The summed E-state index contributed by atoms with van der Waals surface area (Å²) in [7, 11) is 3.54. The van der Waals surface area contributed by atoms with Gasteiger partial charge in [0.25, 0.3) is 0 Å². The second kappa shape index (κ2) is 5.02. The van der Waals surface area contributed by atoms with Crippen molar-refractivity contribution in [2.75, 3.05) is 32.1 Å². The standard InChI is InChI=1S/C20H24N2O4/c1-21-15-10-13(26-2)5-6-14(15)19-7-9-22-8-3-4-12(16(19)22)11-20(25,17(19)21)18(23)24/h3-6,10,12,16-17,25H,7-9,11H2,1-2H3,(H,23,24). The second-order valence-electron chi connectivity index (χ2n) is 8.15. The van der Waals surface area contributed by atoms with Crippen LogP contribution in [0.5, 0.6) is 5.75 Å². The molecular formula is C20H24N2O4. The van der Waals surface area contributed by atoms with E-state index in [2.05, 4.69) is 23.1 Å². The van der Waals surface area contributed by atoms with Gasteiger partial charge in [-0.2, -0.15) is 0 Å². The summed E-state index contributed by atoms with van der Waals surface area (Å²) in [5, 5.41) is 21.4. The van der Waals surface area contributed by atoms with Crippen LogP contribution >= 0.6 is 0 Å². The molecule has 26 heavy (non-hydrogen) atoms. The highest BCUT2D eigenvalue weighted by atomic mass is 16.5. The van der Waals surface area contributed by atoms with Crippen molar-refractivity contribution in [3.8, 4) is 5.75 Å². The molecule has 1 spiro atoms. The molecular weight excluding hydrogens is 332 g/mol. The number of aliphatic hydroxyl groups is 1. The van der Waals surface area contributed by atoms with Crippen molar-refractivity contribution in [1.29, 1.82) is 0 Å². The molecule has 1 aliphatic carbocycles. The number of likely N-dealkylation sites (N-methyl/N-ethyl adjacent to an activating group) is 1. The van der Waals surface area contributed by atoms with E-state index < -0.39 is 17.6 Å². The van der Waals surface area contributed by atoms with Gasteiger partial charge in [-0.1, -0.05) is 18.2 Å². The zero-order valence-corrected chi connectivity index (χ0v) is 15.1. The number of methoxy groups -OCH3 is 1. The van der Waals surface area contributed by atoms with Crippen molar-refractivity contribution < 1.29 is 19.7 Å². The summed E-state index contributed by atoms with van der Waals surface area (Å²) in [6.45, 7) is 1.83. The summed E-state index contributed by atoms with van der Waals surface area (Å²) in [6.07, 6.45) is 5.36. The zero-order chi connectivity index (χ0) is 18.3. The molecule has 4 aliphatic rings. The smallest absolute Gasteiger partial charge is 0.337 e. The van der Waals surface area contributed by atoms with E-state index >= 15 is 0 Å². The Labute approximate surface area is 152 Å². The van der Waals surface area contributed by atoms with E-state index in [9.17, 15) is 15.0 Å². The van der Waals surface area contributed by atoms with Gasteiger partial charge in [-0.05, 0) is 36.9 Å². The SMILES string of the molecule is COc1ccc2c(c1)N(C)C1C(O)(C(=O)O)CC3C=CCN4CCC21C34. The van der Waals surface area contributed by atoms with Crippen LogP contribution in [-0.4, -0.2) is 66.0 Å². The van der Waals surface area contributed by atoms with Gasteiger partial charge in [-0.15, -0.1) is 0 Å². The van der Waals surface area contributed by atoms with Crippen LogP contribution < -0.4 is 9.64 Å². The van der Waals surface area contributed by atoms with Crippen molar-refractivity contribution in [3.05, 3.63) is 35.9 Å². The molecule has 1 saturated heterocycles. The van der Waals surface area contributed by atoms with Crippen molar-refractivity contribution in [1.82, 2.24) is 4.90 Å². The van der Waals surface area contributed by atoms with Gasteiger partial charge in [0.15, 0.2) is 5.60 Å². The molecule has 2 N–H and O–H groups in total. The summed E-state index contributed by atoms with van der Waals surface area (Å²) in [5.74, 6) is -0.325. The molecule has 0 aromatic heterocycles. The third-order valence-corrected chi connectivity index (χ3v) is 7.19. The van der Waals surface area contributed by atoms with Crippen LogP contribution in [0.4, 0.5) is 5.69 Å². The van der Waals surface area contributed by atoms with Gasteiger partial charge < -0.3 is 19.8 Å². The second-order valence-corrected chi connectivity index (χ2v) is 8.15. The van der Waals surface area contributed by atoms with Gasteiger partial charge in [0.1, 0.15) is 5.75 Å². The molecule has 3 aliphatic heterocycles. The average Bonchev–Trinajstić information content (AvgIpc) is 3.13. The lowest BCUT2D eigenvalue weighted by atomic mass is 9.55. The largest absolute Gasteiger partial charge is 0.497 e. The minimum atomic E-state index is -1.78. The molecule has 5 atom stereocenters. The molecule has 5 rings (SSSR count). The van der Waals surface area contributed by atoms with E-state index in [1.165, 1.54) is 0 Å². The van der Waals surface area contributed by atoms with Crippen molar-refractivity contribution in [3.63, 3.8) is 0 Å². The monoisotopic (exact) mass is 356 g/mol. The van der Waals surface area contributed by atoms with Crippen molar-refractivity contribution in [2.24, 2.45) is 5.92 Å². The first-order valence-electron chi connectivity index (χ1n) is 9.21. The lowest BCUT2D eigenvalue weighted by molar-refractivity contribution is -0.171. The number of fused-ring (bicyclic) bond motifs is 1. The summed E-state index contributed by atoms with van der Waals surface area (Å²) < 4.78 is 5.40. The van der Waals surface area contributed by atoms with Gasteiger partial charge in [0.05, 0.1) is 13.2 Å². The maximum absolute atomic E-state index is 12.2. The number of rotatable bonds is 2. The predicted octanol–water partition coefficient (Wildman–Crippen LogP) is 1.23. The minimum Gasteiger partial charge on any atom is -0.497 e. The van der Waals surface area contributed by atoms with Crippen LogP contribution in [0.1, 0.15) is 18.4 Å². The third kappa shape index (κ3) is 1.67. The van der Waals surface area contributed by atoms with E-state index in [4.69, 9.17) is 4.74 Å². The highest BCUT2D eigenvalue weighted by Gasteiger charge is 2.71. The van der Waals surface area contributed by atoms with Crippen LogP contribution in [0, 0.1) is 5.92 Å². The van der Waals surface area contributed by atoms with E-state index in [1.54, 1.807) is 7.11 Å². The Morgan fingerprint density at radius 1 is 1.38 bits per heavy atom. The maximum Gasteiger partial charge on any atom is 0.337 e. The Morgan fingerprint density at radius 3 is 2.92 bits per heavy atom. The molecule has 0 bridgehead atoms. The number of carbonyl (C=O) groups is 1. The first kappa shape index (κ1) is 16.1. The van der Waals surface area contributed by atoms with Crippen LogP contribution in [0.2, 0.25) is 0 Å². The molecule has 5 unspecified atom stereocenters. The molecule has 1 aromatic carbocycles. The van der Waals surface area contributed by atoms with Gasteiger partial charge in [0, 0.05) is 36.8 Å². The summed E-state index contributed by atoms with van der Waals surface area (Å²) in [4.78, 5) is 16.7. The average molecular weight is 356 g/mol. The number of carboxylic acid groups (broad SMARTS) is 1. The number of anilines is 1. The molecule has 0 radical (unpaired) electrons. The number of ether oxygens (including phenoxy) is 1. The molecule has 0 amide bonds. The molecule has 3 heterocycles. The number of benzene rings is 1. The molecule has 138 valence electrons. The fraction of sp³-hybridized carbons (Fsp3) is 0.550. The first-order chi connectivity index (χ1) is 12.4. The molecule has 6 heteroatoms. The number of hydrogen-bond donors (Lipinski definition) is 2. The summed E-state index contributed by atoms with van der Waals surface area (Å²) in [6, 6.07) is 5.76. The first-order valence-corrected chi connectivity index (χ1v) is 9.21. The normalized spacial score (nSPS) is 40.1. The van der Waals surface area contributed by atoms with E-state index in [0.717, 1.165) is 36.5 Å². The van der Waals surface area contributed by atoms with Gasteiger partial charge in [0.2, 0.25) is 0 Å². The Hall–Kier alpha value is -2.05. The Bertz CT molecular complexity index is 824. The van der Waals surface area contributed by atoms with Crippen molar-refractivity contribution in [2.45, 2.75) is 35.9 Å². The van der Waals surface area contributed by atoms with Gasteiger partial charge >= 0.3 is 5.97 Å². The molecule has 6 nitrogen and oxygen atoms in total. The van der Waals surface area contributed by atoms with Gasteiger partial charge in [-0.3, -0.25) is 4.90 Å². The molecule has 1 aromatic rings. The molecule has 2 fully saturated rings. The van der Waals surface area contributed by atoms with Crippen LogP contribution in [-0.2, 0) is 10.2 Å². The fourth-order valence-electron chi connectivity index (χ4n) is 6.42. The van der Waals surface area contributed by atoms with Crippen LogP contribution in [0.25, 0.3) is 0 Å². The number of hydrogen-bond acceptors (Lipinski definition) is 5. The highest BCUT2D eigenvalue weighted by molar-refractivity contribution is 5.83. The number of carboxylic acids is 1. The van der Waals surface area contributed by atoms with Crippen LogP contribution in [0.3, 0.4) is 0 Å². The summed E-state index contributed by atoms with van der Waals surface area (Å²) >= 11 is 0. The predicted molar refractivity (Wildman–Crippen MR) is 96.7 cm³/mol. The molecule has 1 saturated carbocycles. The van der Waals surface area contributed by atoms with Crippen molar-refractivity contribution >= 4 is 11.7 Å². The maximum atomic E-state index is 12.2. The lowest BCUT2D eigenvalue weighted by Crippen LogP contribution is -2.71. The van der Waals surface area contributed by atoms with E-state index in [1.807, 2.05) is 24.1 Å². The minimum absolute atomic E-state index is 0.0463. The Balaban J connectivity index is 1.78. The number of aliphatic carboxylic acids is 1. The highest BCUT2D eigenvalue weighted by Crippen LogP contribution is 2.62. The zero-order valence-electron chi connectivity index (χ0n) is 15.1. The summed E-state index contributed by atoms with van der Waals surface area (Å²) in [5.41, 5.74) is -0.0270. The Morgan fingerprint density at radius 2 is 2.19 bits per heavy atom. The quantitative estimate of drug-likeness (QED) is 0.777. The third-order valence-electron chi connectivity index (χ3n) is 7.19. The Kier molecular flexibility index (Phi) is 3.12. The number of nitrogens with zero attached hydrogens (tertiary/aromatic N) is 2. The van der Waals surface area contributed by atoms with E-state index in [0.29, 0.717) is 0 Å². The fourth-order valence-corrected chi connectivity index (χ4v) is 6.42. The topological polar surface area (TPSA) is 73.2 Å². The lowest BCUT2D eigenvalue weighted by Gasteiger charge is -2.55.